The molecule has 1 aromatic carbocycles. The number of nitrogens with one attached hydrogen (secondary N) is 1. The topological polar surface area (TPSA) is 85.8 Å². The second-order valence-electron chi connectivity index (χ2n) is 6.62. The van der Waals surface area contributed by atoms with Crippen LogP contribution in [0.4, 0.5) is 5.82 Å². The summed E-state index contributed by atoms with van der Waals surface area (Å²) in [5, 5.41) is 11.7. The predicted octanol–water partition coefficient (Wildman–Crippen LogP) is 4.23. The second-order valence-corrected chi connectivity index (χ2v) is 6.62. The molecule has 27 heavy (non-hydrogen) atoms. The van der Waals surface area contributed by atoms with Crippen molar-refractivity contribution in [1.82, 2.24) is 19.9 Å². The Morgan fingerprint density at radius 2 is 1.96 bits per heavy atom. The average Bonchev–Trinajstić information content (AvgIpc) is 3.27. The van der Waals surface area contributed by atoms with E-state index in [2.05, 4.69) is 15.6 Å². The molecule has 1 amide bonds. The first-order valence-corrected chi connectivity index (χ1v) is 8.71. The van der Waals surface area contributed by atoms with Crippen molar-refractivity contribution in [2.45, 2.75) is 26.8 Å². The van der Waals surface area contributed by atoms with Crippen molar-refractivity contribution in [1.29, 1.82) is 0 Å². The van der Waals surface area contributed by atoms with Gasteiger partial charge in [-0.3, -0.25) is 4.79 Å². The zero-order chi connectivity index (χ0) is 19.0. The van der Waals surface area contributed by atoms with Gasteiger partial charge in [-0.15, -0.1) is 0 Å². The molecule has 4 aromatic rings. The van der Waals surface area contributed by atoms with Gasteiger partial charge in [0.2, 0.25) is 0 Å². The number of pyridine rings is 1. The molecule has 0 atom stereocenters. The minimum absolute atomic E-state index is 0.120. The SMILES string of the molecule is Cc1cc(NC(=O)c2cc(-c3ccccc3)nc3c2cnn3C(C)C)no1. The lowest BCUT2D eigenvalue weighted by Gasteiger charge is -2.10. The van der Waals surface area contributed by atoms with E-state index in [0.29, 0.717) is 33.9 Å². The molecule has 0 radical (unpaired) electrons. The van der Waals surface area contributed by atoms with Crippen LogP contribution >= 0.6 is 0 Å². The number of benzene rings is 1. The predicted molar refractivity (Wildman–Crippen MR) is 103 cm³/mol. The van der Waals surface area contributed by atoms with Crippen molar-refractivity contribution in [3.05, 3.63) is 60.0 Å². The lowest BCUT2D eigenvalue weighted by atomic mass is 10.1. The summed E-state index contributed by atoms with van der Waals surface area (Å²) in [6, 6.07) is 13.3. The summed E-state index contributed by atoms with van der Waals surface area (Å²) in [4.78, 5) is 17.7. The number of hydrogen-bond acceptors (Lipinski definition) is 5. The van der Waals surface area contributed by atoms with E-state index in [4.69, 9.17) is 9.51 Å². The Balaban J connectivity index is 1.86. The fourth-order valence-electron chi connectivity index (χ4n) is 2.95. The minimum atomic E-state index is -0.281. The van der Waals surface area contributed by atoms with Crippen molar-refractivity contribution >= 4 is 22.8 Å². The summed E-state index contributed by atoms with van der Waals surface area (Å²) in [5.41, 5.74) is 2.81. The van der Waals surface area contributed by atoms with E-state index in [1.807, 2.05) is 48.9 Å². The van der Waals surface area contributed by atoms with Gasteiger partial charge < -0.3 is 9.84 Å². The maximum Gasteiger partial charge on any atom is 0.257 e. The van der Waals surface area contributed by atoms with Crippen molar-refractivity contribution in [3.8, 4) is 11.3 Å². The van der Waals surface area contributed by atoms with Crippen LogP contribution in [0.2, 0.25) is 0 Å². The lowest BCUT2D eigenvalue weighted by molar-refractivity contribution is 0.102. The van der Waals surface area contributed by atoms with E-state index < -0.39 is 0 Å². The normalized spacial score (nSPS) is 11.3. The molecule has 0 aliphatic carbocycles. The highest BCUT2D eigenvalue weighted by atomic mass is 16.5. The Labute approximate surface area is 156 Å². The molecule has 0 saturated heterocycles. The van der Waals surface area contributed by atoms with Gasteiger partial charge in [-0.25, -0.2) is 9.67 Å². The third-order valence-corrected chi connectivity index (χ3v) is 4.24. The van der Waals surface area contributed by atoms with Crippen LogP contribution in [-0.2, 0) is 0 Å². The number of hydrogen-bond donors (Lipinski definition) is 1. The fourth-order valence-corrected chi connectivity index (χ4v) is 2.95. The molecule has 0 bridgehead atoms. The first kappa shape index (κ1) is 17.0. The van der Waals surface area contributed by atoms with Gasteiger partial charge in [0.25, 0.3) is 5.91 Å². The molecule has 0 spiro atoms. The van der Waals surface area contributed by atoms with Crippen LogP contribution in [0, 0.1) is 6.92 Å². The number of rotatable bonds is 4. The first-order valence-electron chi connectivity index (χ1n) is 8.71. The van der Waals surface area contributed by atoms with Crippen molar-refractivity contribution in [3.63, 3.8) is 0 Å². The Kier molecular flexibility index (Phi) is 4.19. The average molecular weight is 361 g/mol. The molecule has 7 heteroatoms. The van der Waals surface area contributed by atoms with Crippen LogP contribution in [0.5, 0.6) is 0 Å². The van der Waals surface area contributed by atoms with Crippen LogP contribution in [0.15, 0.2) is 53.2 Å². The molecule has 4 rings (SSSR count). The summed E-state index contributed by atoms with van der Waals surface area (Å²) >= 11 is 0. The van der Waals surface area contributed by atoms with Gasteiger partial charge in [0, 0.05) is 17.7 Å². The number of carbonyl (C=O) groups excluding carboxylic acids is 1. The molecule has 3 heterocycles. The zero-order valence-electron chi connectivity index (χ0n) is 15.3. The Morgan fingerprint density at radius 1 is 1.19 bits per heavy atom. The summed E-state index contributed by atoms with van der Waals surface area (Å²) in [7, 11) is 0. The monoisotopic (exact) mass is 361 g/mol. The van der Waals surface area contributed by atoms with Crippen molar-refractivity contribution in [2.75, 3.05) is 5.32 Å². The zero-order valence-corrected chi connectivity index (χ0v) is 15.3. The van der Waals surface area contributed by atoms with Gasteiger partial charge >= 0.3 is 0 Å². The van der Waals surface area contributed by atoms with Gasteiger partial charge in [0.15, 0.2) is 11.5 Å². The highest BCUT2D eigenvalue weighted by Gasteiger charge is 2.19. The van der Waals surface area contributed by atoms with Crippen molar-refractivity contribution in [2.24, 2.45) is 0 Å². The minimum Gasteiger partial charge on any atom is -0.360 e. The number of anilines is 1. The van der Waals surface area contributed by atoms with Gasteiger partial charge in [0.1, 0.15) is 5.76 Å². The van der Waals surface area contributed by atoms with E-state index >= 15 is 0 Å². The number of aromatic nitrogens is 4. The maximum absolute atomic E-state index is 12.9. The Bertz CT molecular complexity index is 1110. The van der Waals surface area contributed by atoms with Gasteiger partial charge in [0.05, 0.1) is 22.8 Å². The highest BCUT2D eigenvalue weighted by Crippen LogP contribution is 2.27. The van der Waals surface area contributed by atoms with Gasteiger partial charge in [-0.05, 0) is 26.8 Å². The number of carbonyl (C=O) groups is 1. The van der Waals surface area contributed by atoms with Gasteiger partial charge in [-0.1, -0.05) is 35.5 Å². The van der Waals surface area contributed by atoms with E-state index in [-0.39, 0.29) is 11.9 Å². The molecule has 0 fully saturated rings. The van der Waals surface area contributed by atoms with Crippen LogP contribution < -0.4 is 5.32 Å². The Hall–Kier alpha value is -3.48. The van der Waals surface area contributed by atoms with Gasteiger partial charge in [-0.2, -0.15) is 5.10 Å². The number of amides is 1. The molecule has 0 aliphatic rings. The number of aryl methyl sites for hydroxylation is 1. The molecule has 0 aliphatic heterocycles. The molecule has 7 nitrogen and oxygen atoms in total. The largest absolute Gasteiger partial charge is 0.360 e. The maximum atomic E-state index is 12.9. The Morgan fingerprint density at radius 3 is 2.63 bits per heavy atom. The molecule has 1 N–H and O–H groups in total. The molecular formula is C20H19N5O2. The molecule has 136 valence electrons. The molecule has 0 saturated carbocycles. The quantitative estimate of drug-likeness (QED) is 0.588. The van der Waals surface area contributed by atoms with E-state index in [1.54, 1.807) is 25.3 Å². The fraction of sp³-hybridized carbons (Fsp3) is 0.200. The number of fused-ring (bicyclic) bond motifs is 1. The third-order valence-electron chi connectivity index (χ3n) is 4.24. The standard InChI is InChI=1S/C20H19N5O2/c1-12(2)25-19-16(11-21-25)15(20(26)23-18-9-13(3)27-24-18)10-17(22-19)14-7-5-4-6-8-14/h4-12H,1-3H3,(H,23,24,26). The van der Waals surface area contributed by atoms with E-state index in [9.17, 15) is 4.79 Å². The summed E-state index contributed by atoms with van der Waals surface area (Å²) in [6.45, 7) is 5.83. The molecule has 3 aromatic heterocycles. The van der Waals surface area contributed by atoms with Crippen LogP contribution in [0.1, 0.15) is 36.0 Å². The highest BCUT2D eigenvalue weighted by molar-refractivity contribution is 6.12. The van der Waals surface area contributed by atoms with E-state index in [0.717, 1.165) is 5.56 Å². The second kappa shape index (κ2) is 6.68. The lowest BCUT2D eigenvalue weighted by Crippen LogP contribution is -2.13. The smallest absolute Gasteiger partial charge is 0.257 e. The third kappa shape index (κ3) is 3.19. The summed E-state index contributed by atoms with van der Waals surface area (Å²) < 4.78 is 6.84. The first-order chi connectivity index (χ1) is 13.0. The van der Waals surface area contributed by atoms with E-state index in [1.165, 1.54) is 0 Å². The van der Waals surface area contributed by atoms with Crippen LogP contribution in [0.25, 0.3) is 22.3 Å². The molecular weight excluding hydrogens is 342 g/mol. The number of nitrogens with zero attached hydrogens (tertiary/aromatic N) is 4. The van der Waals surface area contributed by atoms with Crippen LogP contribution in [0.3, 0.4) is 0 Å². The van der Waals surface area contributed by atoms with Crippen molar-refractivity contribution < 1.29 is 9.32 Å². The summed E-state index contributed by atoms with van der Waals surface area (Å²) in [6.07, 6.45) is 1.68. The summed E-state index contributed by atoms with van der Waals surface area (Å²) in [5.74, 6) is 0.721. The molecule has 0 unspecified atom stereocenters. The van der Waals surface area contributed by atoms with Crippen LogP contribution in [-0.4, -0.2) is 25.8 Å².